The maximum absolute atomic E-state index is 13.3. The summed E-state index contributed by atoms with van der Waals surface area (Å²) >= 11 is 3.32. The van der Waals surface area contributed by atoms with Crippen LogP contribution in [-0.4, -0.2) is 24.3 Å². The molecule has 2 aromatic heterocycles. The molecular formula is C24H19BrFN3O4S. The Bertz CT molecular complexity index is 1480. The lowest BCUT2D eigenvalue weighted by molar-refractivity contribution is 0.0933. The Labute approximate surface area is 204 Å². The normalized spacial score (nSPS) is 12.4. The number of nitrogens with zero attached hydrogens (tertiary/aromatic N) is 2. The van der Waals surface area contributed by atoms with Crippen molar-refractivity contribution in [3.63, 3.8) is 0 Å². The number of hydrogen-bond acceptors (Lipinski definition) is 6. The van der Waals surface area contributed by atoms with E-state index in [4.69, 9.17) is 4.18 Å². The molecule has 0 aliphatic carbocycles. The third-order valence-electron chi connectivity index (χ3n) is 5.11. The predicted molar refractivity (Wildman–Crippen MR) is 129 cm³/mol. The van der Waals surface area contributed by atoms with Gasteiger partial charge in [0.25, 0.3) is 5.91 Å². The van der Waals surface area contributed by atoms with Crippen LogP contribution >= 0.6 is 15.9 Å². The summed E-state index contributed by atoms with van der Waals surface area (Å²) in [4.78, 5) is 21.6. The molecule has 4 aromatic rings. The number of nitrogens with one attached hydrogen (secondary N) is 1. The zero-order valence-electron chi connectivity index (χ0n) is 18.1. The Morgan fingerprint density at radius 2 is 1.76 bits per heavy atom. The summed E-state index contributed by atoms with van der Waals surface area (Å²) in [6.07, 6.45) is 1.46. The quantitative estimate of drug-likeness (QED) is 0.268. The van der Waals surface area contributed by atoms with E-state index in [9.17, 15) is 17.6 Å². The standard InChI is InChI=1S/C24H19BrFN3O4S/c1-14-5-11-18(12-6-14)34(31,32)33-22-20-19(4-3-13-27-20)23(25)29-21(22)24(30)28-15(2)16-7-9-17(26)10-8-16/h3-13,15H,1-2H3,(H,28,30)/t15-/m0/s1. The van der Waals surface area contributed by atoms with Crippen molar-refractivity contribution in [3.05, 3.63) is 94.1 Å². The van der Waals surface area contributed by atoms with Gasteiger partial charge < -0.3 is 9.50 Å². The third-order valence-corrected chi connectivity index (χ3v) is 6.95. The first kappa shape index (κ1) is 23.8. The van der Waals surface area contributed by atoms with Crippen molar-refractivity contribution in [2.45, 2.75) is 24.8 Å². The first-order valence-corrected chi connectivity index (χ1v) is 12.4. The van der Waals surface area contributed by atoms with Gasteiger partial charge >= 0.3 is 10.1 Å². The number of carbonyl (C=O) groups is 1. The van der Waals surface area contributed by atoms with Crippen molar-refractivity contribution in [3.8, 4) is 5.75 Å². The van der Waals surface area contributed by atoms with E-state index in [-0.39, 0.29) is 21.9 Å². The van der Waals surface area contributed by atoms with Crippen LogP contribution in [0.15, 0.2) is 76.4 Å². The molecular weight excluding hydrogens is 525 g/mol. The van der Waals surface area contributed by atoms with Crippen molar-refractivity contribution >= 4 is 42.9 Å². The third kappa shape index (κ3) is 4.92. The van der Waals surface area contributed by atoms with Crippen LogP contribution in [0, 0.1) is 12.7 Å². The Morgan fingerprint density at radius 1 is 1.09 bits per heavy atom. The van der Waals surface area contributed by atoms with Crippen LogP contribution in [0.5, 0.6) is 5.75 Å². The number of hydrogen-bond donors (Lipinski definition) is 1. The van der Waals surface area contributed by atoms with Crippen molar-refractivity contribution in [1.29, 1.82) is 0 Å². The topological polar surface area (TPSA) is 98.2 Å². The minimum atomic E-state index is -4.29. The second-order valence-electron chi connectivity index (χ2n) is 7.58. The molecule has 0 saturated heterocycles. The summed E-state index contributed by atoms with van der Waals surface area (Å²) in [5.41, 5.74) is 1.43. The number of rotatable bonds is 6. The fourth-order valence-electron chi connectivity index (χ4n) is 3.27. The smallest absolute Gasteiger partial charge is 0.339 e. The van der Waals surface area contributed by atoms with Gasteiger partial charge in [-0.1, -0.05) is 29.8 Å². The minimum absolute atomic E-state index is 0.0730. The average Bonchev–Trinajstić information content (AvgIpc) is 2.81. The Kier molecular flexibility index (Phi) is 6.63. The van der Waals surface area contributed by atoms with Gasteiger partial charge in [0, 0.05) is 11.6 Å². The zero-order chi connectivity index (χ0) is 24.5. The zero-order valence-corrected chi connectivity index (χ0v) is 20.5. The van der Waals surface area contributed by atoms with E-state index in [1.165, 1.54) is 30.5 Å². The highest BCUT2D eigenvalue weighted by Gasteiger charge is 2.27. The van der Waals surface area contributed by atoms with E-state index in [2.05, 4.69) is 31.2 Å². The molecule has 0 fully saturated rings. The molecule has 1 N–H and O–H groups in total. The number of pyridine rings is 2. The number of carbonyl (C=O) groups excluding carboxylic acids is 1. The molecule has 0 radical (unpaired) electrons. The fourth-order valence-corrected chi connectivity index (χ4v) is 4.71. The molecule has 0 saturated carbocycles. The molecule has 34 heavy (non-hydrogen) atoms. The van der Waals surface area contributed by atoms with E-state index < -0.39 is 27.9 Å². The van der Waals surface area contributed by atoms with Crippen LogP contribution in [0.2, 0.25) is 0 Å². The molecule has 1 atom stereocenters. The molecule has 0 aliphatic rings. The van der Waals surface area contributed by atoms with Gasteiger partial charge in [0.2, 0.25) is 5.75 Å². The van der Waals surface area contributed by atoms with E-state index in [1.54, 1.807) is 43.3 Å². The first-order valence-electron chi connectivity index (χ1n) is 10.2. The van der Waals surface area contributed by atoms with Gasteiger partial charge in [0.1, 0.15) is 20.8 Å². The van der Waals surface area contributed by atoms with E-state index in [0.717, 1.165) is 5.56 Å². The number of fused-ring (bicyclic) bond motifs is 1. The van der Waals surface area contributed by atoms with Crippen LogP contribution in [0.1, 0.15) is 34.6 Å². The van der Waals surface area contributed by atoms with E-state index in [1.807, 2.05) is 6.92 Å². The lowest BCUT2D eigenvalue weighted by Crippen LogP contribution is -2.28. The summed E-state index contributed by atoms with van der Waals surface area (Å²) in [7, 11) is -4.29. The van der Waals surface area contributed by atoms with Gasteiger partial charge in [-0.2, -0.15) is 8.42 Å². The number of benzene rings is 2. The maximum Gasteiger partial charge on any atom is 0.339 e. The fraction of sp³-hybridized carbons (Fsp3) is 0.125. The molecule has 7 nitrogen and oxygen atoms in total. The highest BCUT2D eigenvalue weighted by molar-refractivity contribution is 9.10. The molecule has 10 heteroatoms. The molecule has 4 rings (SSSR count). The highest BCUT2D eigenvalue weighted by atomic mass is 79.9. The monoisotopic (exact) mass is 543 g/mol. The largest absolute Gasteiger partial charge is 0.374 e. The van der Waals surface area contributed by atoms with Gasteiger partial charge in [-0.3, -0.25) is 9.78 Å². The SMILES string of the molecule is Cc1ccc(S(=O)(=O)Oc2c(C(=O)N[C@@H](C)c3ccc(F)cc3)nc(Br)c3cccnc23)cc1. The second kappa shape index (κ2) is 9.47. The lowest BCUT2D eigenvalue weighted by Gasteiger charge is -2.17. The summed E-state index contributed by atoms with van der Waals surface area (Å²) in [5.74, 6) is -1.37. The Hall–Kier alpha value is -3.37. The lowest BCUT2D eigenvalue weighted by atomic mass is 10.1. The van der Waals surface area contributed by atoms with Crippen LogP contribution in [0.25, 0.3) is 10.9 Å². The number of aryl methyl sites for hydroxylation is 1. The van der Waals surface area contributed by atoms with Crippen LogP contribution in [0.4, 0.5) is 4.39 Å². The molecule has 0 aliphatic heterocycles. The van der Waals surface area contributed by atoms with Gasteiger partial charge in [-0.25, -0.2) is 9.37 Å². The number of amides is 1. The molecule has 2 aromatic carbocycles. The highest BCUT2D eigenvalue weighted by Crippen LogP contribution is 2.34. The molecule has 2 heterocycles. The van der Waals surface area contributed by atoms with E-state index >= 15 is 0 Å². The molecule has 0 unspecified atom stereocenters. The first-order chi connectivity index (χ1) is 16.2. The van der Waals surface area contributed by atoms with Gasteiger partial charge in [0.15, 0.2) is 5.69 Å². The van der Waals surface area contributed by atoms with Crippen molar-refractivity contribution in [2.24, 2.45) is 0 Å². The predicted octanol–water partition coefficient (Wildman–Crippen LogP) is 5.10. The maximum atomic E-state index is 13.3. The number of aromatic nitrogens is 2. The van der Waals surface area contributed by atoms with Gasteiger partial charge in [0.05, 0.1) is 6.04 Å². The van der Waals surface area contributed by atoms with Crippen molar-refractivity contribution < 1.29 is 21.8 Å². The Morgan fingerprint density at radius 3 is 2.44 bits per heavy atom. The van der Waals surface area contributed by atoms with Crippen LogP contribution < -0.4 is 9.50 Å². The minimum Gasteiger partial charge on any atom is -0.374 e. The molecule has 1 amide bonds. The van der Waals surface area contributed by atoms with Crippen molar-refractivity contribution in [1.82, 2.24) is 15.3 Å². The van der Waals surface area contributed by atoms with Crippen molar-refractivity contribution in [2.75, 3.05) is 0 Å². The number of halogens is 2. The molecule has 0 spiro atoms. The molecule has 0 bridgehead atoms. The van der Waals surface area contributed by atoms with E-state index in [0.29, 0.717) is 15.6 Å². The summed E-state index contributed by atoms with van der Waals surface area (Å²) in [5, 5.41) is 3.22. The van der Waals surface area contributed by atoms with Gasteiger partial charge in [-0.05, 0) is 71.7 Å². The van der Waals surface area contributed by atoms with Crippen LogP contribution in [-0.2, 0) is 10.1 Å². The summed E-state index contributed by atoms with van der Waals surface area (Å²) in [6.45, 7) is 3.54. The Balaban J connectivity index is 1.77. The summed E-state index contributed by atoms with van der Waals surface area (Å²) < 4.78 is 45.1. The second-order valence-corrected chi connectivity index (χ2v) is 9.87. The van der Waals surface area contributed by atoms with Gasteiger partial charge in [-0.15, -0.1) is 0 Å². The summed E-state index contributed by atoms with van der Waals surface area (Å²) in [6, 6.07) is 14.6. The van der Waals surface area contributed by atoms with Crippen LogP contribution in [0.3, 0.4) is 0 Å². The molecule has 174 valence electrons. The average molecular weight is 544 g/mol.